The van der Waals surface area contributed by atoms with Gasteiger partial charge in [0.25, 0.3) is 0 Å². The van der Waals surface area contributed by atoms with E-state index in [1.807, 2.05) is 0 Å². The molecule has 13 heteroatoms. The van der Waals surface area contributed by atoms with E-state index in [9.17, 15) is 33.1 Å². The van der Waals surface area contributed by atoms with Crippen LogP contribution in [0.2, 0.25) is 0 Å². The number of nitriles is 1. The Balaban J connectivity index is 1.66. The van der Waals surface area contributed by atoms with Crippen molar-refractivity contribution in [1.82, 2.24) is 19.7 Å². The Morgan fingerprint density at radius 3 is 2.74 bits per heavy atom. The number of aromatic nitrogens is 3. The zero-order valence-electron chi connectivity index (χ0n) is 23.7. The molecule has 43 heavy (non-hydrogen) atoms. The number of halogens is 3. The van der Waals surface area contributed by atoms with Crippen LogP contribution in [0.3, 0.4) is 0 Å². The van der Waals surface area contributed by atoms with Crippen molar-refractivity contribution in [2.24, 2.45) is 0 Å². The summed E-state index contributed by atoms with van der Waals surface area (Å²) in [4.78, 5) is 30.3. The van der Waals surface area contributed by atoms with Gasteiger partial charge in [0.1, 0.15) is 6.04 Å². The second-order valence-electron chi connectivity index (χ2n) is 10.6. The highest BCUT2D eigenvalue weighted by molar-refractivity contribution is 5.93. The maximum Gasteiger partial charge on any atom is 0.416 e. The quantitative estimate of drug-likeness (QED) is 0.373. The van der Waals surface area contributed by atoms with Crippen LogP contribution in [0.1, 0.15) is 54.5 Å². The number of rotatable bonds is 8. The molecule has 3 heterocycles. The minimum absolute atomic E-state index is 0.000277. The first kappa shape index (κ1) is 30.1. The number of carbonyl (C=O) groups excluding carboxylic acids is 1. The minimum Gasteiger partial charge on any atom is -0.466 e. The number of H-pyrrole nitrogens is 1. The molecule has 0 bridgehead atoms. The number of anilines is 2. The van der Waals surface area contributed by atoms with Crippen molar-refractivity contribution in [3.8, 4) is 6.07 Å². The van der Waals surface area contributed by atoms with E-state index in [4.69, 9.17) is 4.74 Å². The Kier molecular flexibility index (Phi) is 8.43. The van der Waals surface area contributed by atoms with Crippen molar-refractivity contribution in [3.05, 3.63) is 86.5 Å². The van der Waals surface area contributed by atoms with Gasteiger partial charge in [-0.25, -0.2) is 19.3 Å². The fraction of sp³-hybridized carbons (Fsp3) is 0.400. The molecule has 0 saturated carbocycles. The van der Waals surface area contributed by atoms with Gasteiger partial charge in [0.15, 0.2) is 0 Å². The van der Waals surface area contributed by atoms with Crippen LogP contribution < -0.4 is 10.6 Å². The summed E-state index contributed by atoms with van der Waals surface area (Å²) in [6.45, 7) is 3.06. The smallest absolute Gasteiger partial charge is 0.416 e. The number of aryl methyl sites for hydroxylation is 1. The van der Waals surface area contributed by atoms with Crippen LogP contribution in [0.15, 0.2) is 58.5 Å². The second kappa shape index (κ2) is 12.1. The van der Waals surface area contributed by atoms with Crippen molar-refractivity contribution in [3.63, 3.8) is 0 Å². The number of esters is 1. The van der Waals surface area contributed by atoms with Crippen molar-refractivity contribution in [2.75, 3.05) is 31.7 Å². The summed E-state index contributed by atoms with van der Waals surface area (Å²) in [7, 11) is 1.19. The number of benzene rings is 2. The van der Waals surface area contributed by atoms with Crippen LogP contribution in [0, 0.1) is 11.3 Å². The molecule has 226 valence electrons. The van der Waals surface area contributed by atoms with Gasteiger partial charge in [-0.05, 0) is 80.6 Å². The number of alkyl halides is 3. The molecule has 5 rings (SSSR count). The van der Waals surface area contributed by atoms with E-state index >= 15 is 0 Å². The maximum atomic E-state index is 13.6. The molecule has 2 atom stereocenters. The van der Waals surface area contributed by atoms with E-state index in [1.54, 1.807) is 25.1 Å². The molecule has 2 N–H and O–H groups in total. The highest BCUT2D eigenvalue weighted by Crippen LogP contribution is 2.44. The number of aliphatic hydroxyl groups excluding tert-OH is 1. The summed E-state index contributed by atoms with van der Waals surface area (Å²) < 4.78 is 47.2. The summed E-state index contributed by atoms with van der Waals surface area (Å²) in [5.41, 5.74) is 0.468. The molecule has 2 aliphatic heterocycles. The van der Waals surface area contributed by atoms with E-state index in [2.05, 4.69) is 21.2 Å². The lowest BCUT2D eigenvalue weighted by molar-refractivity contribution is -0.138. The minimum atomic E-state index is -4.62. The first-order valence-corrected chi connectivity index (χ1v) is 13.9. The number of aromatic amines is 1. The van der Waals surface area contributed by atoms with Crippen LogP contribution >= 0.6 is 0 Å². The van der Waals surface area contributed by atoms with Crippen molar-refractivity contribution >= 4 is 17.6 Å². The summed E-state index contributed by atoms with van der Waals surface area (Å²) in [5, 5.41) is 25.7. The lowest BCUT2D eigenvalue weighted by Crippen LogP contribution is -2.38. The molecule has 0 spiro atoms. The third-order valence-corrected chi connectivity index (χ3v) is 8.18. The molecule has 1 fully saturated rings. The number of aliphatic hydroxyl groups is 1. The first-order chi connectivity index (χ1) is 20.6. The number of hydrogen-bond acceptors (Lipinski definition) is 8. The van der Waals surface area contributed by atoms with E-state index in [0.717, 1.165) is 37.1 Å². The number of nitrogens with zero attached hydrogens (tertiary/aromatic N) is 5. The number of methoxy groups -OCH3 is 1. The molecular weight excluding hydrogens is 565 g/mol. The van der Waals surface area contributed by atoms with E-state index in [1.165, 1.54) is 28.7 Å². The van der Waals surface area contributed by atoms with Crippen LogP contribution in [0.25, 0.3) is 0 Å². The van der Waals surface area contributed by atoms with Gasteiger partial charge in [0.05, 0.1) is 36.5 Å². The third-order valence-electron chi connectivity index (χ3n) is 8.18. The Hall–Kier alpha value is -4.41. The van der Waals surface area contributed by atoms with Gasteiger partial charge >= 0.3 is 17.8 Å². The highest BCUT2D eigenvalue weighted by Gasteiger charge is 2.41. The fourth-order valence-electron chi connectivity index (χ4n) is 6.20. The normalized spacial score (nSPS) is 19.0. The zero-order chi connectivity index (χ0) is 30.9. The van der Waals surface area contributed by atoms with Crippen molar-refractivity contribution in [2.45, 2.75) is 50.9 Å². The number of β-amino-alcohol motifs (C(OH)–C–C–N with tert-alkyl or cyclic N) is 1. The molecular formula is C30H31F3N6O4. The standard InChI is InChI=1S/C30H31F3N6O4/c1-18-25(27(41)43-2)26(24-11-8-19(17-34)15-20(24)9-10-22-7-4-12-37(22)13-14-40)39-28(35-36-29(39)42)38(18)23-6-3-5-21(16-23)30(31,32)33/h3,5-6,8,11,15-16,22,26,40H,4,7,9-10,12-14H2,1-2H3,(H,36,42)/t22?,26-/m1/s1. The summed E-state index contributed by atoms with van der Waals surface area (Å²) >= 11 is 0. The van der Waals surface area contributed by atoms with Gasteiger partial charge in [-0.15, -0.1) is 5.10 Å². The van der Waals surface area contributed by atoms with Crippen LogP contribution in [-0.4, -0.2) is 63.6 Å². The Morgan fingerprint density at radius 2 is 2.05 bits per heavy atom. The molecule has 1 saturated heterocycles. The van der Waals surface area contributed by atoms with Crippen molar-refractivity contribution in [1.29, 1.82) is 5.26 Å². The molecule has 1 aromatic heterocycles. The predicted molar refractivity (Wildman–Crippen MR) is 150 cm³/mol. The SMILES string of the molecule is COC(=O)C1=C(C)N(c2cccc(C(F)(F)F)c2)c2n[nH]c(=O)n2[C@@H]1c1ccc(C#N)cc1CCC1CCCN1CCO. The summed E-state index contributed by atoms with van der Waals surface area (Å²) in [5.74, 6) is -0.766. The topological polar surface area (TPSA) is 127 Å². The van der Waals surface area contributed by atoms with Crippen molar-refractivity contribution < 1.29 is 27.8 Å². The Morgan fingerprint density at radius 1 is 1.26 bits per heavy atom. The average Bonchev–Trinajstić information content (AvgIpc) is 3.60. The van der Waals surface area contributed by atoms with Gasteiger partial charge in [0.2, 0.25) is 5.95 Å². The molecule has 10 nitrogen and oxygen atoms in total. The Bertz CT molecular complexity index is 1650. The average molecular weight is 597 g/mol. The number of nitrogens with one attached hydrogen (secondary N) is 1. The summed E-state index contributed by atoms with van der Waals surface area (Å²) in [6, 6.07) is 10.9. The fourth-order valence-corrected chi connectivity index (χ4v) is 6.20. The number of carbonyl (C=O) groups is 1. The first-order valence-electron chi connectivity index (χ1n) is 13.9. The number of fused-ring (bicyclic) bond motifs is 1. The van der Waals surface area contributed by atoms with Gasteiger partial charge in [-0.1, -0.05) is 12.1 Å². The maximum absolute atomic E-state index is 13.6. The number of likely N-dealkylation sites (tertiary alicyclic amines) is 1. The lowest BCUT2D eigenvalue weighted by Gasteiger charge is -2.36. The van der Waals surface area contributed by atoms with E-state index in [-0.39, 0.29) is 35.6 Å². The monoisotopic (exact) mass is 596 g/mol. The molecule has 0 radical (unpaired) electrons. The van der Waals surface area contributed by atoms with Gasteiger partial charge in [0, 0.05) is 24.0 Å². The Labute approximate surface area is 245 Å². The number of ether oxygens (including phenoxy) is 1. The van der Waals surface area contributed by atoms with Crippen LogP contribution in [-0.2, 0) is 22.1 Å². The highest BCUT2D eigenvalue weighted by atomic mass is 19.4. The van der Waals surface area contributed by atoms with E-state index in [0.29, 0.717) is 30.5 Å². The molecule has 3 aromatic rings. The van der Waals surface area contributed by atoms with Crippen LogP contribution in [0.4, 0.5) is 24.8 Å². The van der Waals surface area contributed by atoms with E-state index < -0.39 is 29.4 Å². The second-order valence-corrected chi connectivity index (χ2v) is 10.6. The molecule has 1 unspecified atom stereocenters. The van der Waals surface area contributed by atoms with Gasteiger partial charge in [-0.3, -0.25) is 9.80 Å². The molecule has 2 aliphatic rings. The van der Waals surface area contributed by atoms with Gasteiger partial charge in [-0.2, -0.15) is 18.4 Å². The predicted octanol–water partition coefficient (Wildman–Crippen LogP) is 4.04. The number of allylic oxidation sites excluding steroid dienone is 1. The molecule has 2 aromatic carbocycles. The molecule has 0 aliphatic carbocycles. The summed E-state index contributed by atoms with van der Waals surface area (Å²) in [6.07, 6.45) is -1.42. The van der Waals surface area contributed by atoms with Gasteiger partial charge < -0.3 is 9.84 Å². The lowest BCUT2D eigenvalue weighted by atomic mass is 9.88. The van der Waals surface area contributed by atoms with Crippen LogP contribution in [0.5, 0.6) is 0 Å². The third kappa shape index (κ3) is 5.68. The number of hydrogen-bond donors (Lipinski definition) is 2. The zero-order valence-corrected chi connectivity index (χ0v) is 23.7. The molecule has 0 amide bonds. The largest absolute Gasteiger partial charge is 0.466 e.